The first kappa shape index (κ1) is 12.8. The number of nitrogens with zero attached hydrogens (tertiary/aromatic N) is 5. The quantitative estimate of drug-likeness (QED) is 0.749. The number of aromatic nitrogens is 4. The van der Waals surface area contributed by atoms with Crippen LogP contribution in [-0.2, 0) is 18.4 Å². The molecule has 0 radical (unpaired) electrons. The number of carbonyl (C=O) groups is 1. The molecule has 1 aliphatic rings. The second-order valence-corrected chi connectivity index (χ2v) is 4.97. The highest BCUT2D eigenvalue weighted by Gasteiger charge is 2.26. The smallest absolute Gasteiger partial charge is 0.237 e. The van der Waals surface area contributed by atoms with E-state index < -0.39 is 0 Å². The van der Waals surface area contributed by atoms with Gasteiger partial charge >= 0.3 is 0 Å². The minimum atomic E-state index is -0.184. The zero-order valence-electron chi connectivity index (χ0n) is 11.5. The SMILES string of the molecule is CC1C(=O)NCCN1Cc1nc(N)c2cnn(C)c2n1. The zero-order chi connectivity index (χ0) is 14.3. The molecular formula is C12H17N7O. The fraction of sp³-hybridized carbons (Fsp3) is 0.500. The molecule has 20 heavy (non-hydrogen) atoms. The van der Waals surface area contributed by atoms with Crippen molar-refractivity contribution >= 4 is 22.8 Å². The summed E-state index contributed by atoms with van der Waals surface area (Å²) in [4.78, 5) is 22.5. The van der Waals surface area contributed by atoms with E-state index in [0.29, 0.717) is 30.4 Å². The molecule has 1 fully saturated rings. The van der Waals surface area contributed by atoms with Crippen molar-refractivity contribution in [1.29, 1.82) is 0 Å². The predicted octanol–water partition coefficient (Wildman–Crippen LogP) is -0.734. The number of rotatable bonds is 2. The third kappa shape index (κ3) is 2.07. The number of anilines is 1. The average Bonchev–Trinajstić information content (AvgIpc) is 2.78. The molecule has 0 aromatic carbocycles. The van der Waals surface area contributed by atoms with Gasteiger partial charge in [-0.1, -0.05) is 0 Å². The van der Waals surface area contributed by atoms with Gasteiger partial charge in [0.25, 0.3) is 0 Å². The molecule has 8 nitrogen and oxygen atoms in total. The van der Waals surface area contributed by atoms with E-state index in [1.165, 1.54) is 0 Å². The standard InChI is InChI=1S/C12H17N7O/c1-7-12(20)14-3-4-19(7)6-9-16-10(13)8-5-15-18(2)11(8)17-9/h5,7H,3-4,6H2,1-2H3,(H,14,20)(H2,13,16,17). The maximum atomic E-state index is 11.7. The maximum Gasteiger partial charge on any atom is 0.237 e. The fourth-order valence-corrected chi connectivity index (χ4v) is 2.39. The molecule has 0 spiro atoms. The lowest BCUT2D eigenvalue weighted by atomic mass is 10.2. The summed E-state index contributed by atoms with van der Waals surface area (Å²) >= 11 is 0. The van der Waals surface area contributed by atoms with E-state index in [-0.39, 0.29) is 11.9 Å². The Morgan fingerprint density at radius 3 is 3.10 bits per heavy atom. The molecule has 2 aromatic heterocycles. The number of amides is 1. The summed E-state index contributed by atoms with van der Waals surface area (Å²) in [6.45, 7) is 3.80. The van der Waals surface area contributed by atoms with Crippen molar-refractivity contribution in [2.75, 3.05) is 18.8 Å². The van der Waals surface area contributed by atoms with Crippen LogP contribution in [0, 0.1) is 0 Å². The van der Waals surface area contributed by atoms with Crippen molar-refractivity contribution in [3.05, 3.63) is 12.0 Å². The molecule has 3 rings (SSSR count). The van der Waals surface area contributed by atoms with Gasteiger partial charge in [-0.25, -0.2) is 9.97 Å². The molecule has 3 N–H and O–H groups in total. The predicted molar refractivity (Wildman–Crippen MR) is 73.6 cm³/mol. The monoisotopic (exact) mass is 275 g/mol. The topological polar surface area (TPSA) is 102 Å². The number of hydrogen-bond acceptors (Lipinski definition) is 6. The molecule has 1 atom stereocenters. The number of nitrogens with two attached hydrogens (primary N) is 1. The van der Waals surface area contributed by atoms with Crippen LogP contribution < -0.4 is 11.1 Å². The van der Waals surface area contributed by atoms with Crippen LogP contribution in [0.2, 0.25) is 0 Å². The van der Waals surface area contributed by atoms with Crippen LogP contribution in [-0.4, -0.2) is 49.7 Å². The average molecular weight is 275 g/mol. The van der Waals surface area contributed by atoms with Crippen molar-refractivity contribution in [1.82, 2.24) is 30.0 Å². The summed E-state index contributed by atoms with van der Waals surface area (Å²) in [5.74, 6) is 1.07. The molecular weight excluding hydrogens is 258 g/mol. The number of nitrogen functional groups attached to an aromatic ring is 1. The highest BCUT2D eigenvalue weighted by Crippen LogP contribution is 2.17. The van der Waals surface area contributed by atoms with Crippen molar-refractivity contribution < 1.29 is 4.79 Å². The van der Waals surface area contributed by atoms with Crippen LogP contribution in [0.4, 0.5) is 5.82 Å². The molecule has 1 aliphatic heterocycles. The van der Waals surface area contributed by atoms with E-state index in [0.717, 1.165) is 11.9 Å². The summed E-state index contributed by atoms with van der Waals surface area (Å²) in [7, 11) is 1.81. The van der Waals surface area contributed by atoms with Crippen LogP contribution in [0.5, 0.6) is 0 Å². The number of piperazine rings is 1. The Labute approximate surface area is 116 Å². The number of aryl methyl sites for hydroxylation is 1. The molecule has 106 valence electrons. The molecule has 1 unspecified atom stereocenters. The third-order valence-corrected chi connectivity index (χ3v) is 3.64. The zero-order valence-corrected chi connectivity index (χ0v) is 11.5. The van der Waals surface area contributed by atoms with Crippen LogP contribution in [0.3, 0.4) is 0 Å². The van der Waals surface area contributed by atoms with E-state index in [9.17, 15) is 4.79 Å². The van der Waals surface area contributed by atoms with Gasteiger partial charge in [-0.2, -0.15) is 5.10 Å². The van der Waals surface area contributed by atoms with Gasteiger partial charge in [0, 0.05) is 20.1 Å². The minimum absolute atomic E-state index is 0.0332. The first-order valence-corrected chi connectivity index (χ1v) is 6.52. The minimum Gasteiger partial charge on any atom is -0.383 e. The van der Waals surface area contributed by atoms with E-state index in [1.54, 1.807) is 10.9 Å². The fourth-order valence-electron chi connectivity index (χ4n) is 2.39. The van der Waals surface area contributed by atoms with Gasteiger partial charge in [-0.15, -0.1) is 0 Å². The first-order chi connectivity index (χ1) is 9.56. The van der Waals surface area contributed by atoms with Gasteiger partial charge in [0.2, 0.25) is 5.91 Å². The first-order valence-electron chi connectivity index (χ1n) is 6.52. The molecule has 0 saturated carbocycles. The highest BCUT2D eigenvalue weighted by molar-refractivity contribution is 5.85. The number of nitrogens with one attached hydrogen (secondary N) is 1. The molecule has 3 heterocycles. The largest absolute Gasteiger partial charge is 0.383 e. The van der Waals surface area contributed by atoms with Gasteiger partial charge in [-0.3, -0.25) is 14.4 Å². The molecule has 0 aliphatic carbocycles. The molecule has 2 aromatic rings. The molecule has 1 amide bonds. The van der Waals surface area contributed by atoms with Crippen molar-refractivity contribution in [3.63, 3.8) is 0 Å². The number of hydrogen-bond donors (Lipinski definition) is 2. The maximum absolute atomic E-state index is 11.7. The number of carbonyl (C=O) groups excluding carboxylic acids is 1. The second-order valence-electron chi connectivity index (χ2n) is 4.97. The number of fused-ring (bicyclic) bond motifs is 1. The highest BCUT2D eigenvalue weighted by atomic mass is 16.2. The summed E-state index contributed by atoms with van der Waals surface area (Å²) < 4.78 is 1.67. The Hall–Kier alpha value is -2.22. The third-order valence-electron chi connectivity index (χ3n) is 3.64. The van der Waals surface area contributed by atoms with Gasteiger partial charge in [-0.05, 0) is 6.92 Å². The van der Waals surface area contributed by atoms with Gasteiger partial charge in [0.1, 0.15) is 11.6 Å². The molecule has 0 bridgehead atoms. The Morgan fingerprint density at radius 1 is 1.50 bits per heavy atom. The Bertz CT molecular complexity index is 665. The van der Waals surface area contributed by atoms with E-state index in [1.807, 2.05) is 18.9 Å². The summed E-state index contributed by atoms with van der Waals surface area (Å²) in [6.07, 6.45) is 1.66. The van der Waals surface area contributed by atoms with Crippen LogP contribution in [0.15, 0.2) is 6.20 Å². The molecule has 1 saturated heterocycles. The lowest BCUT2D eigenvalue weighted by Crippen LogP contribution is -2.53. The van der Waals surface area contributed by atoms with Crippen LogP contribution >= 0.6 is 0 Å². The van der Waals surface area contributed by atoms with Crippen molar-refractivity contribution in [3.8, 4) is 0 Å². The Balaban J connectivity index is 1.90. The van der Waals surface area contributed by atoms with Crippen molar-refractivity contribution in [2.45, 2.75) is 19.5 Å². The lowest BCUT2D eigenvalue weighted by Gasteiger charge is -2.32. The van der Waals surface area contributed by atoms with Gasteiger partial charge in [0.05, 0.1) is 24.2 Å². The lowest BCUT2D eigenvalue weighted by molar-refractivity contribution is -0.128. The Morgan fingerprint density at radius 2 is 2.30 bits per heavy atom. The second kappa shape index (κ2) is 4.71. The van der Waals surface area contributed by atoms with E-state index in [2.05, 4.69) is 20.4 Å². The van der Waals surface area contributed by atoms with Crippen molar-refractivity contribution in [2.24, 2.45) is 7.05 Å². The van der Waals surface area contributed by atoms with Gasteiger partial charge < -0.3 is 11.1 Å². The normalized spacial score (nSPS) is 20.3. The van der Waals surface area contributed by atoms with E-state index >= 15 is 0 Å². The van der Waals surface area contributed by atoms with E-state index in [4.69, 9.17) is 5.73 Å². The Kier molecular flexibility index (Phi) is 3.01. The van der Waals surface area contributed by atoms with Crippen LogP contribution in [0.25, 0.3) is 11.0 Å². The summed E-state index contributed by atoms with van der Waals surface area (Å²) in [5, 5.41) is 7.71. The summed E-state index contributed by atoms with van der Waals surface area (Å²) in [6, 6.07) is -0.184. The van der Waals surface area contributed by atoms with Gasteiger partial charge in [0.15, 0.2) is 5.65 Å². The van der Waals surface area contributed by atoms with Crippen LogP contribution in [0.1, 0.15) is 12.7 Å². The summed E-state index contributed by atoms with van der Waals surface area (Å²) in [5.41, 5.74) is 6.65. The molecule has 8 heteroatoms.